The predicted octanol–water partition coefficient (Wildman–Crippen LogP) is 4.92. The molecule has 3 rings (SSSR count). The standard InChI is InChI=1S/C21H28ClNO6/c1-11-14(18(24)25)10-15(22)17-16(11)27-21(5,28-17)12-6-8-13(9-7-12)23-19(26)29-20(2,3)4/h10,12-13H,6-9H2,1-5H3,(H,23,26)(H,24,25)/t12?,13?,21-/m1/s1. The number of nitrogens with one attached hydrogen (secondary N) is 1. The van der Waals surface area contributed by atoms with Crippen LogP contribution in [0.5, 0.6) is 11.5 Å². The highest BCUT2D eigenvalue weighted by Crippen LogP contribution is 2.51. The molecule has 0 bridgehead atoms. The number of benzene rings is 1. The summed E-state index contributed by atoms with van der Waals surface area (Å²) in [6, 6.07) is 1.44. The molecule has 29 heavy (non-hydrogen) atoms. The summed E-state index contributed by atoms with van der Waals surface area (Å²) < 4.78 is 17.6. The molecule has 160 valence electrons. The van der Waals surface area contributed by atoms with Crippen molar-refractivity contribution in [2.24, 2.45) is 5.92 Å². The van der Waals surface area contributed by atoms with E-state index in [4.69, 9.17) is 25.8 Å². The fraction of sp³-hybridized carbons (Fsp3) is 0.619. The second kappa shape index (κ2) is 7.59. The van der Waals surface area contributed by atoms with Gasteiger partial charge in [0.25, 0.3) is 5.79 Å². The summed E-state index contributed by atoms with van der Waals surface area (Å²) in [4.78, 5) is 23.4. The van der Waals surface area contributed by atoms with Crippen LogP contribution in [0, 0.1) is 12.8 Å². The van der Waals surface area contributed by atoms with Gasteiger partial charge in [-0.1, -0.05) is 11.6 Å². The van der Waals surface area contributed by atoms with Gasteiger partial charge in [-0.2, -0.15) is 0 Å². The third kappa shape index (κ3) is 4.55. The minimum Gasteiger partial charge on any atom is -0.478 e. The van der Waals surface area contributed by atoms with Crippen LogP contribution in [0.3, 0.4) is 0 Å². The number of hydrogen-bond acceptors (Lipinski definition) is 5. The SMILES string of the molecule is Cc1c(C(=O)O)cc(Cl)c2c1O[C@@](C)(C1CCC(NC(=O)OC(C)(C)C)CC1)O2. The normalized spacial score (nSPS) is 26.1. The molecule has 1 aliphatic heterocycles. The average Bonchev–Trinajstić information content (AvgIpc) is 2.96. The van der Waals surface area contributed by atoms with Crippen molar-refractivity contribution in [3.63, 3.8) is 0 Å². The molecule has 8 heteroatoms. The molecule has 7 nitrogen and oxygen atoms in total. The quantitative estimate of drug-likeness (QED) is 0.713. The van der Waals surface area contributed by atoms with Gasteiger partial charge in [-0.25, -0.2) is 9.59 Å². The summed E-state index contributed by atoms with van der Waals surface area (Å²) in [7, 11) is 0. The Morgan fingerprint density at radius 2 is 1.79 bits per heavy atom. The molecule has 1 amide bonds. The number of rotatable bonds is 3. The number of ether oxygens (including phenoxy) is 3. The lowest BCUT2D eigenvalue weighted by Gasteiger charge is -2.37. The number of amides is 1. The zero-order valence-electron chi connectivity index (χ0n) is 17.4. The number of carboxylic acids is 1. The number of fused-ring (bicyclic) bond motifs is 1. The van der Waals surface area contributed by atoms with Crippen molar-refractivity contribution >= 4 is 23.7 Å². The van der Waals surface area contributed by atoms with E-state index in [2.05, 4.69) is 5.32 Å². The summed E-state index contributed by atoms with van der Waals surface area (Å²) in [6.45, 7) is 9.05. The Kier molecular flexibility index (Phi) is 5.64. The first kappa shape index (κ1) is 21.6. The molecule has 0 saturated heterocycles. The van der Waals surface area contributed by atoms with Crippen LogP contribution in [-0.2, 0) is 4.74 Å². The predicted molar refractivity (Wildman–Crippen MR) is 108 cm³/mol. The topological polar surface area (TPSA) is 94.1 Å². The Hall–Kier alpha value is -2.15. The molecule has 1 fully saturated rings. The van der Waals surface area contributed by atoms with E-state index < -0.39 is 23.5 Å². The van der Waals surface area contributed by atoms with E-state index in [0.717, 1.165) is 25.7 Å². The van der Waals surface area contributed by atoms with Crippen molar-refractivity contribution in [2.75, 3.05) is 0 Å². The average molecular weight is 426 g/mol. The van der Waals surface area contributed by atoms with Crippen molar-refractivity contribution < 1.29 is 28.9 Å². The van der Waals surface area contributed by atoms with Crippen LogP contribution in [-0.4, -0.2) is 34.6 Å². The molecule has 2 N–H and O–H groups in total. The highest BCUT2D eigenvalue weighted by Gasteiger charge is 2.47. The number of carbonyl (C=O) groups excluding carboxylic acids is 1. The number of aromatic carboxylic acids is 1. The third-order valence-corrected chi connectivity index (χ3v) is 5.75. The first-order valence-corrected chi connectivity index (χ1v) is 10.2. The molecule has 0 spiro atoms. The maximum atomic E-state index is 12.0. The van der Waals surface area contributed by atoms with Gasteiger partial charge in [-0.3, -0.25) is 0 Å². The molecule has 1 atom stereocenters. The minimum absolute atomic E-state index is 0.0393. The van der Waals surface area contributed by atoms with E-state index in [1.807, 2.05) is 27.7 Å². The summed E-state index contributed by atoms with van der Waals surface area (Å²) in [6.07, 6.45) is 2.71. The van der Waals surface area contributed by atoms with E-state index in [1.165, 1.54) is 6.07 Å². The fourth-order valence-corrected chi connectivity index (χ4v) is 4.20. The molecular formula is C21H28ClNO6. The molecule has 0 radical (unpaired) electrons. The molecule has 1 aromatic carbocycles. The highest BCUT2D eigenvalue weighted by molar-refractivity contribution is 6.32. The summed E-state index contributed by atoms with van der Waals surface area (Å²) in [5, 5.41) is 12.5. The highest BCUT2D eigenvalue weighted by atomic mass is 35.5. The van der Waals surface area contributed by atoms with Crippen LogP contribution < -0.4 is 14.8 Å². The number of alkyl carbamates (subject to hydrolysis) is 1. The van der Waals surface area contributed by atoms with Gasteiger partial charge in [0.15, 0.2) is 11.5 Å². The molecule has 1 aromatic rings. The molecule has 1 saturated carbocycles. The van der Waals surface area contributed by atoms with Crippen molar-refractivity contribution in [3.8, 4) is 11.5 Å². The van der Waals surface area contributed by atoms with Crippen molar-refractivity contribution in [2.45, 2.75) is 77.7 Å². The van der Waals surface area contributed by atoms with Crippen LogP contribution in [0.15, 0.2) is 6.07 Å². The lowest BCUT2D eigenvalue weighted by Crippen LogP contribution is -2.48. The van der Waals surface area contributed by atoms with Crippen molar-refractivity contribution in [3.05, 3.63) is 22.2 Å². The first-order chi connectivity index (χ1) is 13.4. The Bertz CT molecular complexity index is 825. The number of hydrogen-bond donors (Lipinski definition) is 2. The summed E-state index contributed by atoms with van der Waals surface area (Å²) >= 11 is 6.26. The Morgan fingerprint density at radius 1 is 1.21 bits per heavy atom. The second-order valence-electron chi connectivity index (χ2n) is 8.91. The Labute approximate surface area is 175 Å². The van der Waals surface area contributed by atoms with E-state index in [9.17, 15) is 14.7 Å². The molecule has 0 unspecified atom stereocenters. The van der Waals surface area contributed by atoms with Gasteiger partial charge in [-0.15, -0.1) is 0 Å². The second-order valence-corrected chi connectivity index (χ2v) is 9.32. The lowest BCUT2D eigenvalue weighted by atomic mass is 9.81. The summed E-state index contributed by atoms with van der Waals surface area (Å²) in [5.41, 5.74) is 0.0747. The van der Waals surface area contributed by atoms with Crippen LogP contribution in [0.2, 0.25) is 5.02 Å². The molecule has 1 heterocycles. The molecule has 0 aromatic heterocycles. The fourth-order valence-electron chi connectivity index (χ4n) is 3.97. The number of carboxylic acid groups (broad SMARTS) is 1. The maximum absolute atomic E-state index is 12.0. The molecule has 1 aliphatic carbocycles. The van der Waals surface area contributed by atoms with E-state index in [1.54, 1.807) is 6.92 Å². The largest absolute Gasteiger partial charge is 0.478 e. The van der Waals surface area contributed by atoms with E-state index in [-0.39, 0.29) is 22.5 Å². The maximum Gasteiger partial charge on any atom is 0.407 e. The van der Waals surface area contributed by atoms with Crippen molar-refractivity contribution in [1.29, 1.82) is 0 Å². The number of carbonyl (C=O) groups is 2. The first-order valence-electron chi connectivity index (χ1n) is 9.83. The van der Waals surface area contributed by atoms with E-state index in [0.29, 0.717) is 17.1 Å². The Morgan fingerprint density at radius 3 is 2.34 bits per heavy atom. The lowest BCUT2D eigenvalue weighted by molar-refractivity contribution is -0.121. The zero-order valence-corrected chi connectivity index (χ0v) is 18.2. The van der Waals surface area contributed by atoms with Crippen LogP contribution in [0.4, 0.5) is 4.79 Å². The van der Waals surface area contributed by atoms with Crippen molar-refractivity contribution in [1.82, 2.24) is 5.32 Å². The Balaban J connectivity index is 1.66. The third-order valence-electron chi connectivity index (χ3n) is 5.47. The van der Waals surface area contributed by atoms with Gasteiger partial charge in [0.2, 0.25) is 0 Å². The van der Waals surface area contributed by atoms with Gasteiger partial charge < -0.3 is 24.6 Å². The summed E-state index contributed by atoms with van der Waals surface area (Å²) in [5.74, 6) is -1.12. The van der Waals surface area contributed by atoms with E-state index >= 15 is 0 Å². The van der Waals surface area contributed by atoms with Crippen LogP contribution in [0.1, 0.15) is 69.3 Å². The van der Waals surface area contributed by atoms with Gasteiger partial charge in [0.05, 0.1) is 10.6 Å². The van der Waals surface area contributed by atoms with Crippen LogP contribution >= 0.6 is 11.6 Å². The smallest absolute Gasteiger partial charge is 0.407 e. The van der Waals surface area contributed by atoms with Crippen LogP contribution in [0.25, 0.3) is 0 Å². The van der Waals surface area contributed by atoms with Gasteiger partial charge in [-0.05, 0) is 59.4 Å². The number of halogens is 1. The van der Waals surface area contributed by atoms with Gasteiger partial charge in [0.1, 0.15) is 5.60 Å². The van der Waals surface area contributed by atoms with Gasteiger partial charge in [0, 0.05) is 24.4 Å². The monoisotopic (exact) mass is 425 g/mol. The van der Waals surface area contributed by atoms with Gasteiger partial charge >= 0.3 is 12.1 Å². The molecule has 2 aliphatic rings. The zero-order chi connectivity index (χ0) is 21.6. The minimum atomic E-state index is -1.06. The molecular weight excluding hydrogens is 398 g/mol.